The molecule has 0 spiro atoms. The normalized spacial score (nSPS) is 12.7. The molecule has 0 atom stereocenters. The lowest BCUT2D eigenvalue weighted by molar-refractivity contribution is -0.113. The Labute approximate surface area is 143 Å². The molecule has 0 radical (unpaired) electrons. The van der Waals surface area contributed by atoms with E-state index in [1.54, 1.807) is 0 Å². The number of carbonyl (C=O) groups is 2. The number of aryl methyl sites for hydroxylation is 1. The first-order chi connectivity index (χ1) is 11.2. The van der Waals surface area contributed by atoms with Gasteiger partial charge in [0.25, 0.3) is 0 Å². The molecule has 23 heavy (non-hydrogen) atoms. The Morgan fingerprint density at radius 3 is 2.78 bits per heavy atom. The lowest BCUT2D eigenvalue weighted by Crippen LogP contribution is -2.16. The van der Waals surface area contributed by atoms with Gasteiger partial charge in [-0.1, -0.05) is 18.2 Å². The van der Waals surface area contributed by atoms with Gasteiger partial charge < -0.3 is 10.1 Å². The summed E-state index contributed by atoms with van der Waals surface area (Å²) in [7, 11) is 1.37. The maximum absolute atomic E-state index is 12.2. The van der Waals surface area contributed by atoms with E-state index in [4.69, 9.17) is 4.74 Å². The first-order valence-corrected chi connectivity index (χ1v) is 9.20. The van der Waals surface area contributed by atoms with E-state index in [1.807, 2.05) is 30.3 Å². The molecule has 6 heteroatoms. The Hall–Kier alpha value is -1.79. The second-order valence-corrected chi connectivity index (χ2v) is 7.36. The van der Waals surface area contributed by atoms with E-state index < -0.39 is 0 Å². The van der Waals surface area contributed by atoms with E-state index in [9.17, 15) is 9.59 Å². The number of esters is 1. The maximum atomic E-state index is 12.2. The maximum Gasteiger partial charge on any atom is 0.341 e. The number of methoxy groups -OCH3 is 1. The molecular formula is C17H17NO3S2. The zero-order chi connectivity index (χ0) is 16.2. The number of hydrogen-bond acceptors (Lipinski definition) is 5. The summed E-state index contributed by atoms with van der Waals surface area (Å²) in [4.78, 5) is 26.5. The van der Waals surface area contributed by atoms with Crippen LogP contribution in [0.4, 0.5) is 5.00 Å². The van der Waals surface area contributed by atoms with Crippen LogP contribution in [0, 0.1) is 0 Å². The molecule has 4 nitrogen and oxygen atoms in total. The molecule has 120 valence electrons. The van der Waals surface area contributed by atoms with Crippen LogP contribution in [0.3, 0.4) is 0 Å². The van der Waals surface area contributed by atoms with Crippen LogP contribution >= 0.6 is 23.1 Å². The highest BCUT2D eigenvalue weighted by Gasteiger charge is 2.27. The molecule has 0 bridgehead atoms. The topological polar surface area (TPSA) is 55.4 Å². The molecule has 0 saturated heterocycles. The van der Waals surface area contributed by atoms with Gasteiger partial charge in [-0.15, -0.1) is 23.1 Å². The van der Waals surface area contributed by atoms with Crippen molar-refractivity contribution in [2.75, 3.05) is 18.2 Å². The van der Waals surface area contributed by atoms with Crippen molar-refractivity contribution in [1.29, 1.82) is 0 Å². The van der Waals surface area contributed by atoms with Gasteiger partial charge in [0, 0.05) is 9.77 Å². The van der Waals surface area contributed by atoms with Gasteiger partial charge in [0.15, 0.2) is 0 Å². The van der Waals surface area contributed by atoms with Crippen LogP contribution < -0.4 is 5.32 Å². The zero-order valence-electron chi connectivity index (χ0n) is 12.8. The number of benzene rings is 1. The summed E-state index contributed by atoms with van der Waals surface area (Å²) in [6.07, 6.45) is 2.91. The molecular weight excluding hydrogens is 330 g/mol. The quantitative estimate of drug-likeness (QED) is 0.661. The van der Waals surface area contributed by atoms with Crippen molar-refractivity contribution in [3.8, 4) is 0 Å². The first-order valence-electron chi connectivity index (χ1n) is 7.39. The third kappa shape index (κ3) is 3.59. The van der Waals surface area contributed by atoms with Crippen molar-refractivity contribution in [2.45, 2.75) is 24.2 Å². The van der Waals surface area contributed by atoms with Crippen LogP contribution in [-0.2, 0) is 22.4 Å². The highest BCUT2D eigenvalue weighted by atomic mass is 32.2. The minimum atomic E-state index is -0.365. The van der Waals surface area contributed by atoms with Gasteiger partial charge in [0.05, 0.1) is 18.4 Å². The van der Waals surface area contributed by atoms with Crippen molar-refractivity contribution in [3.63, 3.8) is 0 Å². The fourth-order valence-corrected chi connectivity index (χ4v) is 4.65. The van der Waals surface area contributed by atoms with E-state index in [0.717, 1.165) is 29.7 Å². The lowest BCUT2D eigenvalue weighted by Gasteiger charge is -2.07. The van der Waals surface area contributed by atoms with Crippen molar-refractivity contribution in [1.82, 2.24) is 0 Å². The number of nitrogens with one attached hydrogen (secondary N) is 1. The molecule has 0 aliphatic heterocycles. The minimum absolute atomic E-state index is 0.107. The van der Waals surface area contributed by atoms with Gasteiger partial charge in [-0.2, -0.15) is 0 Å². The number of anilines is 1. The smallest absolute Gasteiger partial charge is 0.341 e. The third-order valence-electron chi connectivity index (χ3n) is 3.68. The summed E-state index contributed by atoms with van der Waals surface area (Å²) in [5.74, 6) is -0.160. The Balaban J connectivity index is 1.70. The molecule has 1 aromatic carbocycles. The highest BCUT2D eigenvalue weighted by Crippen LogP contribution is 2.39. The molecule has 3 rings (SSSR count). The van der Waals surface area contributed by atoms with Gasteiger partial charge in [-0.05, 0) is 37.0 Å². The van der Waals surface area contributed by atoms with Crippen molar-refractivity contribution >= 4 is 40.0 Å². The van der Waals surface area contributed by atoms with E-state index in [1.165, 1.54) is 35.1 Å². The van der Waals surface area contributed by atoms with Gasteiger partial charge in [0.2, 0.25) is 5.91 Å². The Morgan fingerprint density at radius 2 is 2.04 bits per heavy atom. The summed E-state index contributed by atoms with van der Waals surface area (Å²) in [5, 5.41) is 3.51. The Kier molecular flexibility index (Phi) is 5.03. The van der Waals surface area contributed by atoms with Gasteiger partial charge in [0.1, 0.15) is 5.00 Å². The second kappa shape index (κ2) is 7.19. The highest BCUT2D eigenvalue weighted by molar-refractivity contribution is 8.00. The standard InChI is InChI=1S/C17H17NO3S2/c1-21-17(20)15-12-8-5-9-13(12)23-16(15)18-14(19)10-22-11-6-3-2-4-7-11/h2-4,6-7H,5,8-10H2,1H3,(H,18,19). The SMILES string of the molecule is COC(=O)c1c(NC(=O)CSc2ccccc2)sc2c1CCC2. The van der Waals surface area contributed by atoms with Crippen LogP contribution in [0.5, 0.6) is 0 Å². The van der Waals surface area contributed by atoms with Crippen LogP contribution in [0.1, 0.15) is 27.2 Å². The Bertz CT molecular complexity index is 725. The predicted molar refractivity (Wildman–Crippen MR) is 93.5 cm³/mol. The average molecular weight is 347 g/mol. The lowest BCUT2D eigenvalue weighted by atomic mass is 10.1. The van der Waals surface area contributed by atoms with Gasteiger partial charge in [-0.3, -0.25) is 4.79 Å². The fraction of sp³-hybridized carbons (Fsp3) is 0.294. The van der Waals surface area contributed by atoms with Crippen molar-refractivity contribution in [3.05, 3.63) is 46.3 Å². The zero-order valence-corrected chi connectivity index (χ0v) is 14.4. The van der Waals surface area contributed by atoms with E-state index in [0.29, 0.717) is 16.3 Å². The Morgan fingerprint density at radius 1 is 1.26 bits per heavy atom. The number of carbonyl (C=O) groups excluding carboxylic acids is 2. The number of thioether (sulfide) groups is 1. The number of amides is 1. The monoisotopic (exact) mass is 347 g/mol. The van der Waals surface area contributed by atoms with Crippen LogP contribution in [0.25, 0.3) is 0 Å². The summed E-state index contributed by atoms with van der Waals surface area (Å²) >= 11 is 2.98. The molecule has 1 heterocycles. The molecule has 1 amide bonds. The fourth-order valence-electron chi connectivity index (χ4n) is 2.64. The largest absolute Gasteiger partial charge is 0.465 e. The second-order valence-electron chi connectivity index (χ2n) is 5.20. The molecule has 2 aromatic rings. The van der Waals surface area contributed by atoms with Crippen LogP contribution in [0.2, 0.25) is 0 Å². The number of ether oxygens (including phenoxy) is 1. The molecule has 1 aliphatic rings. The van der Waals surface area contributed by atoms with Gasteiger partial charge in [-0.25, -0.2) is 4.79 Å². The van der Waals surface area contributed by atoms with E-state index in [-0.39, 0.29) is 11.9 Å². The minimum Gasteiger partial charge on any atom is -0.465 e. The molecule has 0 unspecified atom stereocenters. The van der Waals surface area contributed by atoms with Crippen molar-refractivity contribution < 1.29 is 14.3 Å². The van der Waals surface area contributed by atoms with Crippen molar-refractivity contribution in [2.24, 2.45) is 0 Å². The molecule has 1 aromatic heterocycles. The molecule has 0 fully saturated rings. The molecule has 1 aliphatic carbocycles. The summed E-state index contributed by atoms with van der Waals surface area (Å²) in [6, 6.07) is 9.77. The summed E-state index contributed by atoms with van der Waals surface area (Å²) < 4.78 is 4.88. The summed E-state index contributed by atoms with van der Waals surface area (Å²) in [5.41, 5.74) is 1.59. The predicted octanol–water partition coefficient (Wildman–Crippen LogP) is 3.75. The van der Waals surface area contributed by atoms with Crippen LogP contribution in [0.15, 0.2) is 35.2 Å². The van der Waals surface area contributed by atoms with E-state index in [2.05, 4.69) is 5.32 Å². The first kappa shape index (κ1) is 16.1. The third-order valence-corrected chi connectivity index (χ3v) is 5.90. The number of thiophene rings is 1. The number of rotatable bonds is 5. The molecule has 1 N–H and O–H groups in total. The molecule has 0 saturated carbocycles. The number of fused-ring (bicyclic) bond motifs is 1. The van der Waals surface area contributed by atoms with E-state index >= 15 is 0 Å². The average Bonchev–Trinajstić information content (AvgIpc) is 3.14. The number of hydrogen-bond donors (Lipinski definition) is 1. The van der Waals surface area contributed by atoms with Gasteiger partial charge >= 0.3 is 5.97 Å². The van der Waals surface area contributed by atoms with Crippen LogP contribution in [-0.4, -0.2) is 24.7 Å². The summed E-state index contributed by atoms with van der Waals surface area (Å²) in [6.45, 7) is 0.